The predicted octanol–water partition coefficient (Wildman–Crippen LogP) is 3.48. The maximum atomic E-state index is 13.5. The zero-order chi connectivity index (χ0) is 21.3. The third kappa shape index (κ3) is 3.91. The van der Waals surface area contributed by atoms with Gasteiger partial charge < -0.3 is 15.5 Å². The lowest BCUT2D eigenvalue weighted by molar-refractivity contribution is -0.384. The van der Waals surface area contributed by atoms with Gasteiger partial charge in [-0.3, -0.25) is 14.9 Å². The molecule has 0 unspecified atom stereocenters. The molecule has 0 aliphatic carbocycles. The normalized spacial score (nSPS) is 16.5. The van der Waals surface area contributed by atoms with E-state index in [9.17, 15) is 28.5 Å². The number of non-ortho nitro benzene ring substituents is 1. The van der Waals surface area contributed by atoms with Crippen molar-refractivity contribution in [1.29, 1.82) is 0 Å². The lowest BCUT2D eigenvalue weighted by Crippen LogP contribution is -2.46. The maximum absolute atomic E-state index is 13.5. The van der Waals surface area contributed by atoms with Crippen molar-refractivity contribution in [3.05, 3.63) is 81.0 Å². The van der Waals surface area contributed by atoms with Crippen LogP contribution in [0.5, 0.6) is 0 Å². The Morgan fingerprint density at radius 3 is 2.59 bits per heavy atom. The minimum absolute atomic E-state index is 0.0199. The fraction of sp³-hybridized carbons (Fsp3) is 0.158. The maximum Gasteiger partial charge on any atom is 0.322 e. The van der Waals surface area contributed by atoms with Crippen molar-refractivity contribution in [2.75, 3.05) is 12.4 Å². The summed E-state index contributed by atoms with van der Waals surface area (Å²) in [6.07, 6.45) is 0. The summed E-state index contributed by atoms with van der Waals surface area (Å²) in [5.41, 5.74) is 0.568. The molecule has 8 nitrogen and oxygen atoms in total. The largest absolute Gasteiger partial charge is 0.327 e. The molecule has 1 aliphatic rings. The second-order valence-corrected chi connectivity index (χ2v) is 6.38. The Hall–Kier alpha value is -3.82. The molecule has 150 valence electrons. The molecule has 2 aromatic rings. The molecule has 0 spiro atoms. The number of carbonyl (C=O) groups excluding carboxylic acids is 2. The minimum atomic E-state index is -1.13. The Balaban J connectivity index is 2.02. The SMILES string of the molecule is CC1=C(C(=O)Nc2ccc(F)c(F)c2)[C@H](c2cccc([N+](=O)[O-])c2)NC(=O)N1C. The van der Waals surface area contributed by atoms with Gasteiger partial charge in [0, 0.05) is 36.6 Å². The second-order valence-electron chi connectivity index (χ2n) is 6.38. The monoisotopic (exact) mass is 402 g/mol. The third-order valence-corrected chi connectivity index (χ3v) is 4.59. The molecule has 2 N–H and O–H groups in total. The van der Waals surface area contributed by atoms with Crippen LogP contribution in [-0.4, -0.2) is 28.8 Å². The lowest BCUT2D eigenvalue weighted by Gasteiger charge is -2.33. The number of carbonyl (C=O) groups is 2. The molecule has 1 heterocycles. The molecule has 2 aromatic carbocycles. The van der Waals surface area contributed by atoms with Crippen molar-refractivity contribution in [2.45, 2.75) is 13.0 Å². The first kappa shape index (κ1) is 19.9. The summed E-state index contributed by atoms with van der Waals surface area (Å²) in [6, 6.07) is 6.97. The highest BCUT2D eigenvalue weighted by Crippen LogP contribution is 2.32. The van der Waals surface area contributed by atoms with E-state index in [4.69, 9.17) is 0 Å². The van der Waals surface area contributed by atoms with Crippen LogP contribution in [0.25, 0.3) is 0 Å². The topological polar surface area (TPSA) is 105 Å². The predicted molar refractivity (Wildman–Crippen MR) is 99.8 cm³/mol. The summed E-state index contributed by atoms with van der Waals surface area (Å²) in [7, 11) is 1.46. The number of nitrogens with zero attached hydrogens (tertiary/aromatic N) is 2. The zero-order valence-electron chi connectivity index (χ0n) is 15.4. The van der Waals surface area contributed by atoms with Gasteiger partial charge in [0.1, 0.15) is 0 Å². The fourth-order valence-corrected chi connectivity index (χ4v) is 2.97. The Morgan fingerprint density at radius 1 is 1.21 bits per heavy atom. The first-order chi connectivity index (χ1) is 13.7. The van der Waals surface area contributed by atoms with Crippen molar-refractivity contribution in [2.24, 2.45) is 0 Å². The van der Waals surface area contributed by atoms with Gasteiger partial charge in [0.15, 0.2) is 11.6 Å². The Bertz CT molecular complexity index is 1050. The van der Waals surface area contributed by atoms with Crippen molar-refractivity contribution < 1.29 is 23.3 Å². The number of nitro groups is 1. The van der Waals surface area contributed by atoms with Crippen molar-refractivity contribution in [3.8, 4) is 0 Å². The van der Waals surface area contributed by atoms with E-state index < -0.39 is 34.5 Å². The van der Waals surface area contributed by atoms with E-state index in [2.05, 4.69) is 10.6 Å². The van der Waals surface area contributed by atoms with Crippen LogP contribution in [0.3, 0.4) is 0 Å². The van der Waals surface area contributed by atoms with Crippen LogP contribution in [-0.2, 0) is 4.79 Å². The van der Waals surface area contributed by atoms with Gasteiger partial charge >= 0.3 is 6.03 Å². The Morgan fingerprint density at radius 2 is 1.93 bits per heavy atom. The van der Waals surface area contributed by atoms with Crippen LogP contribution in [0.4, 0.5) is 25.0 Å². The molecule has 10 heteroatoms. The van der Waals surface area contributed by atoms with Crippen LogP contribution in [0, 0.1) is 21.7 Å². The number of halogens is 2. The van der Waals surface area contributed by atoms with Gasteiger partial charge in [-0.05, 0) is 24.6 Å². The molecule has 0 saturated carbocycles. The number of hydrogen-bond acceptors (Lipinski definition) is 4. The summed E-state index contributed by atoms with van der Waals surface area (Å²) in [4.78, 5) is 36.9. The highest BCUT2D eigenvalue weighted by molar-refractivity contribution is 6.06. The molecule has 0 saturated heterocycles. The Labute approximate surface area is 164 Å². The molecule has 1 atom stereocenters. The number of rotatable bonds is 4. The number of hydrogen-bond donors (Lipinski definition) is 2. The number of amides is 3. The van der Waals surface area contributed by atoms with E-state index in [1.165, 1.54) is 36.2 Å². The van der Waals surface area contributed by atoms with Gasteiger partial charge in [0.2, 0.25) is 0 Å². The zero-order valence-corrected chi connectivity index (χ0v) is 15.4. The van der Waals surface area contributed by atoms with Crippen LogP contribution < -0.4 is 10.6 Å². The molecular weight excluding hydrogens is 386 g/mol. The highest BCUT2D eigenvalue weighted by atomic mass is 19.2. The number of urea groups is 1. The summed E-state index contributed by atoms with van der Waals surface area (Å²) in [6.45, 7) is 1.54. The average molecular weight is 402 g/mol. The number of benzene rings is 2. The van der Waals surface area contributed by atoms with Crippen LogP contribution in [0.15, 0.2) is 53.7 Å². The number of anilines is 1. The van der Waals surface area contributed by atoms with Gasteiger partial charge in [-0.2, -0.15) is 0 Å². The van der Waals surface area contributed by atoms with Gasteiger partial charge in [-0.25, -0.2) is 13.6 Å². The molecule has 3 rings (SSSR count). The lowest BCUT2D eigenvalue weighted by atomic mass is 9.94. The average Bonchev–Trinajstić information content (AvgIpc) is 2.68. The number of nitro benzene ring substituents is 1. The minimum Gasteiger partial charge on any atom is -0.327 e. The first-order valence-corrected chi connectivity index (χ1v) is 8.44. The first-order valence-electron chi connectivity index (χ1n) is 8.44. The second kappa shape index (κ2) is 7.66. The van der Waals surface area contributed by atoms with E-state index in [1.807, 2.05) is 0 Å². The van der Waals surface area contributed by atoms with Gasteiger partial charge in [-0.1, -0.05) is 12.1 Å². The van der Waals surface area contributed by atoms with Gasteiger partial charge in [-0.15, -0.1) is 0 Å². The summed E-state index contributed by atoms with van der Waals surface area (Å²) in [5, 5.41) is 16.2. The van der Waals surface area contributed by atoms with E-state index in [0.29, 0.717) is 11.3 Å². The van der Waals surface area contributed by atoms with Gasteiger partial charge in [0.25, 0.3) is 11.6 Å². The molecule has 0 bridgehead atoms. The van der Waals surface area contributed by atoms with E-state index in [1.54, 1.807) is 13.0 Å². The standard InChI is InChI=1S/C19H16F2N4O4/c1-10-16(18(26)22-12-6-7-14(20)15(21)9-12)17(23-19(27)24(10)2)11-4-3-5-13(8-11)25(28)29/h3-9,17H,1-2H3,(H,22,26)(H,23,27)/t17-/m0/s1. The molecule has 3 amide bonds. The molecular formula is C19H16F2N4O4. The summed E-state index contributed by atoms with van der Waals surface area (Å²) < 4.78 is 26.6. The van der Waals surface area contributed by atoms with Crippen LogP contribution in [0.2, 0.25) is 0 Å². The van der Waals surface area contributed by atoms with Gasteiger partial charge in [0.05, 0.1) is 16.5 Å². The van der Waals surface area contributed by atoms with Crippen LogP contribution >= 0.6 is 0 Å². The van der Waals surface area contributed by atoms with E-state index in [0.717, 1.165) is 12.1 Å². The molecule has 0 fully saturated rings. The van der Waals surface area contributed by atoms with Crippen molar-refractivity contribution in [1.82, 2.24) is 10.2 Å². The molecule has 29 heavy (non-hydrogen) atoms. The summed E-state index contributed by atoms with van der Waals surface area (Å²) >= 11 is 0. The smallest absolute Gasteiger partial charge is 0.322 e. The third-order valence-electron chi connectivity index (χ3n) is 4.59. The van der Waals surface area contributed by atoms with E-state index in [-0.39, 0.29) is 16.9 Å². The molecule has 0 aromatic heterocycles. The fourth-order valence-electron chi connectivity index (χ4n) is 2.97. The van der Waals surface area contributed by atoms with Crippen molar-refractivity contribution in [3.63, 3.8) is 0 Å². The van der Waals surface area contributed by atoms with E-state index >= 15 is 0 Å². The summed E-state index contributed by atoms with van der Waals surface area (Å²) in [5.74, 6) is -2.85. The molecule has 0 radical (unpaired) electrons. The number of allylic oxidation sites excluding steroid dienone is 1. The number of nitrogens with one attached hydrogen (secondary N) is 2. The van der Waals surface area contributed by atoms with Crippen LogP contribution in [0.1, 0.15) is 18.5 Å². The molecule has 1 aliphatic heterocycles. The highest BCUT2D eigenvalue weighted by Gasteiger charge is 2.34. The Kier molecular flexibility index (Phi) is 5.26. The quantitative estimate of drug-likeness (QED) is 0.603. The van der Waals surface area contributed by atoms with Crippen molar-refractivity contribution >= 4 is 23.3 Å².